The van der Waals surface area contributed by atoms with Gasteiger partial charge in [0, 0.05) is 34.6 Å². The summed E-state index contributed by atoms with van der Waals surface area (Å²) in [5, 5.41) is 280. The van der Waals surface area contributed by atoms with Crippen molar-refractivity contribution in [3.8, 4) is 0 Å². The van der Waals surface area contributed by atoms with Crippen molar-refractivity contribution >= 4 is 29.5 Å². The van der Waals surface area contributed by atoms with Crippen molar-refractivity contribution in [3.63, 3.8) is 0 Å². The summed E-state index contributed by atoms with van der Waals surface area (Å²) in [5.74, 6) is -4.50. The minimum Gasteiger partial charge on any atom is -0.394 e. The molecule has 0 aromatic carbocycles. The van der Waals surface area contributed by atoms with Gasteiger partial charge in [0.05, 0.1) is 71.6 Å². The smallest absolute Gasteiger partial charge is 0.217 e. The summed E-state index contributed by atoms with van der Waals surface area (Å²) in [5.41, 5.74) is 0. The maximum Gasteiger partial charge on any atom is 0.217 e. The van der Waals surface area contributed by atoms with E-state index in [0.717, 1.165) is 34.6 Å². The normalized spacial score (nSPS) is 45.3. The summed E-state index contributed by atoms with van der Waals surface area (Å²) in [6.07, 6.45) is -81.5. The molecule has 44 atom stereocenters. The molecule has 8 heterocycles. The third-order valence-corrected chi connectivity index (χ3v) is 20.4. The van der Waals surface area contributed by atoms with Crippen molar-refractivity contribution in [3.05, 3.63) is 0 Å². The van der Waals surface area contributed by atoms with Crippen molar-refractivity contribution in [2.75, 3.05) is 59.5 Å². The highest BCUT2D eigenvalue weighted by molar-refractivity contribution is 5.75. The Labute approximate surface area is 647 Å². The first-order valence-corrected chi connectivity index (χ1v) is 36.4. The van der Waals surface area contributed by atoms with E-state index < -0.39 is 359 Å². The molecule has 8 unspecified atom stereocenters. The fraction of sp³-hybridized carbons (Fsp3) is 0.922. The molecule has 8 saturated heterocycles. The van der Waals surface area contributed by atoms with Crippen LogP contribution in [0, 0.1) is 0 Å². The van der Waals surface area contributed by atoms with E-state index in [1.54, 1.807) is 0 Å². The van der Waals surface area contributed by atoms with Crippen LogP contribution in [0.4, 0.5) is 0 Å². The second-order valence-corrected chi connectivity index (χ2v) is 28.7. The Morgan fingerprint density at radius 3 is 1.07 bits per heavy atom. The van der Waals surface area contributed by atoms with Crippen molar-refractivity contribution in [2.45, 2.75) is 311 Å². The van der Waals surface area contributed by atoms with Gasteiger partial charge in [0.25, 0.3) is 0 Å². The monoisotopic (exact) mass is 1670 g/mol. The number of hydrogen-bond donors (Lipinski definition) is 29. The molecule has 0 bridgehead atoms. The van der Waals surface area contributed by atoms with Crippen LogP contribution in [0.2, 0.25) is 0 Å². The summed E-state index contributed by atoms with van der Waals surface area (Å²) in [7, 11) is 0. The van der Waals surface area contributed by atoms with Crippen LogP contribution in [-0.4, -0.2) is 481 Å². The lowest BCUT2D eigenvalue weighted by Crippen LogP contribution is -2.71. The van der Waals surface area contributed by atoms with Crippen molar-refractivity contribution in [2.24, 2.45) is 0 Å². The summed E-state index contributed by atoms with van der Waals surface area (Å²) in [4.78, 5) is 63.2. The molecule has 0 radical (unpaired) electrons. The van der Waals surface area contributed by atoms with Gasteiger partial charge in [-0.1, -0.05) is 0 Å². The predicted octanol–water partition coefficient (Wildman–Crippen LogP) is -19.2. The molecule has 0 spiro atoms. The third kappa shape index (κ3) is 22.1. The van der Waals surface area contributed by atoms with Gasteiger partial charge in [-0.3, -0.25) is 24.0 Å². The molecule has 114 heavy (non-hydrogen) atoms. The van der Waals surface area contributed by atoms with E-state index in [4.69, 9.17) is 75.8 Å². The average Bonchev–Trinajstić information content (AvgIpc) is 0.761. The van der Waals surface area contributed by atoms with Gasteiger partial charge in [0.2, 0.25) is 29.5 Å². The van der Waals surface area contributed by atoms with E-state index in [0.29, 0.717) is 0 Å². The Morgan fingerprint density at radius 1 is 0.325 bits per heavy atom. The fourth-order valence-corrected chi connectivity index (χ4v) is 14.3. The Morgan fingerprint density at radius 2 is 0.658 bits per heavy atom. The third-order valence-electron chi connectivity index (χ3n) is 20.4. The zero-order valence-electron chi connectivity index (χ0n) is 62.1. The predicted molar refractivity (Wildman–Crippen MR) is 356 cm³/mol. The Hall–Kier alpha value is -4.25. The number of rotatable bonds is 33. The van der Waals surface area contributed by atoms with Crippen LogP contribution in [-0.2, 0) is 99.8 Å². The molecule has 50 heteroatoms. The quantitative estimate of drug-likeness (QED) is 0.0290. The van der Waals surface area contributed by atoms with E-state index in [-0.39, 0.29) is 0 Å². The Kier molecular flexibility index (Phi) is 35.3. The standard InChI is InChI=1S/C64H109N5O45/c1-16-35(83)44(92)47(95)61(101-16)99-14-23(82)51(36(84)22(7-70)65-17(2)77)109-60-34(69-21(6)81)43(91)52(27(11-74)105-60)112-64-50(98)56(114-63-49(97)46(94)54(29(13-76)107-63)111-58-32(67-19(4)79)41(89)38(86)25(9-72)103-58)55(113-59-33(68-20(5)80)42(90)39(87)26(10-73)104-59)30(108-64)15-100-62-48(96)45(93)53(28(12-75)106-62)110-57-31(66-18(3)78)40(88)37(85)24(8-71)102-57/h16,22-64,70-76,82-98H,7-15H2,1-6H3,(H,65,77)(H,66,78)(H,67,79)(H,68,80)(H,69,81)/t16-,22-,23+,24+,25+,26+,27+,28+,29+,30+,31+,32+,33+,34+,35+,36+,37+,38+,39+,40+,41+,42+,43+,44+,45+,46+,47-,48-,49-,50-,51+,52+,53+,54+,55+,56+,57?,58?,59?,60?,61?,62?,63?,64?/m0/s1. The Bertz CT molecular complexity index is 3020. The number of amides is 5. The van der Waals surface area contributed by atoms with Gasteiger partial charge in [-0.05, 0) is 6.92 Å². The first-order valence-electron chi connectivity index (χ1n) is 36.4. The van der Waals surface area contributed by atoms with Crippen LogP contribution in [0.25, 0.3) is 0 Å². The number of hydrogen-bond acceptors (Lipinski definition) is 45. The lowest BCUT2D eigenvalue weighted by molar-refractivity contribution is -0.402. The van der Waals surface area contributed by atoms with E-state index in [1.165, 1.54) is 6.92 Å². The number of aliphatic hydroxyl groups excluding tert-OH is 24. The molecule has 8 fully saturated rings. The highest BCUT2D eigenvalue weighted by Gasteiger charge is 2.61. The fourth-order valence-electron chi connectivity index (χ4n) is 14.3. The molecule has 8 aliphatic rings. The van der Waals surface area contributed by atoms with Gasteiger partial charge < -0.3 is 225 Å². The summed E-state index contributed by atoms with van der Waals surface area (Å²) in [6, 6.07) is -9.16. The van der Waals surface area contributed by atoms with Gasteiger partial charge in [-0.2, -0.15) is 0 Å². The van der Waals surface area contributed by atoms with Crippen LogP contribution < -0.4 is 26.6 Å². The molecule has 0 saturated carbocycles. The highest BCUT2D eigenvalue weighted by Crippen LogP contribution is 2.40. The van der Waals surface area contributed by atoms with Gasteiger partial charge in [0.1, 0.15) is 207 Å². The minimum atomic E-state index is -2.66. The number of aliphatic hydroxyl groups is 24. The number of nitrogens with one attached hydrogen (secondary N) is 5. The molecule has 8 aliphatic heterocycles. The number of ether oxygens (including phenoxy) is 16. The van der Waals surface area contributed by atoms with E-state index in [2.05, 4.69) is 26.6 Å². The number of carbonyl (C=O) groups excluding carboxylic acids is 5. The topological polar surface area (TPSA) is 779 Å². The van der Waals surface area contributed by atoms with Crippen LogP contribution in [0.3, 0.4) is 0 Å². The maximum atomic E-state index is 13.2. The molecule has 660 valence electrons. The van der Waals surface area contributed by atoms with Crippen molar-refractivity contribution in [1.82, 2.24) is 26.6 Å². The zero-order chi connectivity index (χ0) is 84.5. The van der Waals surface area contributed by atoms with Crippen LogP contribution >= 0.6 is 0 Å². The molecule has 5 amide bonds. The molecular weight excluding hydrogens is 1560 g/mol. The first kappa shape index (κ1) is 95.2. The van der Waals surface area contributed by atoms with Crippen LogP contribution in [0.5, 0.6) is 0 Å². The molecular formula is C64H109N5O45. The lowest BCUT2D eigenvalue weighted by Gasteiger charge is -2.52. The van der Waals surface area contributed by atoms with Gasteiger partial charge in [0.15, 0.2) is 50.3 Å². The molecule has 0 aliphatic carbocycles. The molecule has 0 aromatic heterocycles. The number of carbonyl (C=O) groups is 5. The maximum absolute atomic E-state index is 13.2. The van der Waals surface area contributed by atoms with Crippen molar-refractivity contribution < 1.29 is 222 Å². The molecule has 0 aromatic rings. The van der Waals surface area contributed by atoms with Gasteiger partial charge in [-0.25, -0.2) is 0 Å². The van der Waals surface area contributed by atoms with E-state index in [1.807, 2.05) is 0 Å². The largest absolute Gasteiger partial charge is 0.394 e. The minimum absolute atomic E-state index is 0.817. The lowest BCUT2D eigenvalue weighted by atomic mass is 9.93. The van der Waals surface area contributed by atoms with E-state index in [9.17, 15) is 147 Å². The molecule has 50 nitrogen and oxygen atoms in total. The zero-order valence-corrected chi connectivity index (χ0v) is 62.1. The van der Waals surface area contributed by atoms with Crippen molar-refractivity contribution in [1.29, 1.82) is 0 Å². The van der Waals surface area contributed by atoms with Gasteiger partial charge >= 0.3 is 0 Å². The Balaban J connectivity index is 1.20. The first-order chi connectivity index (χ1) is 53.8. The van der Waals surface area contributed by atoms with E-state index >= 15 is 0 Å². The molecule has 29 N–H and O–H groups in total. The second-order valence-electron chi connectivity index (χ2n) is 28.7. The summed E-state index contributed by atoms with van der Waals surface area (Å²) in [6.45, 7) is -4.02. The SMILES string of the molecule is CC(=O)N[C@@H](CO)[C@@H](O)[C@H](OC1O[C@H](CO)[C@@H](OC2O[C@H](COC3O[C@H](CO)[C@@H](OC4O[C@H](CO)[C@@H](O)[C@H](O)[C@H]4NC(C)=O)[C@H](O)[C@@H]3O)[C@@H](OC3O[C@H](CO)[C@@H](O)[C@H](O)[C@H]3NC(C)=O)[C@H](OC3O[C@H](CO)[C@@H](OC4O[C@H](CO)[C@@H](O)[C@H](O)[C@H]4NC(C)=O)[C@H](O)[C@@H]3O)[C@@H]2O)[C@H](O)[C@H]1NC(C)=O)[C@H](O)COC1O[C@@H](C)[C@@H](O)[C@@H](O)[C@@H]1O. The van der Waals surface area contributed by atoms with Crippen LogP contribution in [0.1, 0.15) is 41.5 Å². The van der Waals surface area contributed by atoms with Gasteiger partial charge in [-0.15, -0.1) is 0 Å². The molecule has 8 rings (SSSR count). The summed E-state index contributed by atoms with van der Waals surface area (Å²) >= 11 is 0. The highest BCUT2D eigenvalue weighted by atomic mass is 16.8. The average molecular weight is 1670 g/mol. The summed E-state index contributed by atoms with van der Waals surface area (Å²) < 4.78 is 95.7. The second kappa shape index (κ2) is 42.3. The van der Waals surface area contributed by atoms with Crippen LogP contribution in [0.15, 0.2) is 0 Å².